The molecule has 0 saturated carbocycles. The Morgan fingerprint density at radius 2 is 1.78 bits per heavy atom. The third-order valence-electron chi connectivity index (χ3n) is 4.83. The zero-order chi connectivity index (χ0) is 27.0. The maximum Gasteiger partial charge on any atom is 0.260 e. The van der Waals surface area contributed by atoms with Gasteiger partial charge in [0.15, 0.2) is 11.5 Å². The number of carbonyl (C=O) groups excluding carboxylic acids is 1. The highest BCUT2D eigenvalue weighted by molar-refractivity contribution is 7.92. The van der Waals surface area contributed by atoms with Crippen molar-refractivity contribution in [1.29, 1.82) is 0 Å². The fourth-order valence-corrected chi connectivity index (χ4v) is 4.52. The summed E-state index contributed by atoms with van der Waals surface area (Å²) in [6.45, 7) is 2.07. The van der Waals surface area contributed by atoms with Gasteiger partial charge in [0, 0.05) is 5.02 Å². The van der Waals surface area contributed by atoms with E-state index < -0.39 is 22.5 Å². The van der Waals surface area contributed by atoms with Crippen LogP contribution < -0.4 is 19.2 Å². The molecule has 0 atom stereocenters. The summed E-state index contributed by atoms with van der Waals surface area (Å²) < 4.78 is 37.0. The fourth-order valence-electron chi connectivity index (χ4n) is 3.17. The lowest BCUT2D eigenvalue weighted by molar-refractivity contribution is -0.119. The second-order valence-electron chi connectivity index (χ2n) is 7.72. The summed E-state index contributed by atoms with van der Waals surface area (Å²) in [6, 6.07) is 16.8. The van der Waals surface area contributed by atoms with Crippen LogP contribution in [0.4, 0.5) is 5.69 Å². The molecule has 1 N–H and O–H groups in total. The van der Waals surface area contributed by atoms with Gasteiger partial charge in [-0.1, -0.05) is 46.9 Å². The Morgan fingerprint density at radius 1 is 1.00 bits per heavy atom. The second kappa shape index (κ2) is 13.0. The van der Waals surface area contributed by atoms with Crippen LogP contribution >= 0.6 is 34.8 Å². The average Bonchev–Trinajstić information content (AvgIpc) is 2.83. The molecule has 0 aliphatic heterocycles. The zero-order valence-electron chi connectivity index (χ0n) is 19.9. The number of halogens is 3. The summed E-state index contributed by atoms with van der Waals surface area (Å²) in [4.78, 5) is 12.4. The summed E-state index contributed by atoms with van der Waals surface area (Å²) >= 11 is 17.9. The van der Waals surface area contributed by atoms with Crippen molar-refractivity contribution < 1.29 is 22.7 Å². The highest BCUT2D eigenvalue weighted by Gasteiger charge is 2.21. The van der Waals surface area contributed by atoms with E-state index in [1.807, 2.05) is 25.1 Å². The van der Waals surface area contributed by atoms with Crippen LogP contribution in [0.3, 0.4) is 0 Å². The van der Waals surface area contributed by atoms with E-state index in [1.165, 1.54) is 24.4 Å². The number of nitrogens with one attached hydrogen (secondary N) is 1. The zero-order valence-corrected chi connectivity index (χ0v) is 23.0. The van der Waals surface area contributed by atoms with Crippen molar-refractivity contribution in [3.8, 4) is 11.5 Å². The first-order valence-corrected chi connectivity index (χ1v) is 13.9. The smallest absolute Gasteiger partial charge is 0.260 e. The Bertz CT molecular complexity index is 1400. The minimum atomic E-state index is -3.78. The third-order valence-corrected chi connectivity index (χ3v) is 6.95. The van der Waals surface area contributed by atoms with Gasteiger partial charge in [-0.05, 0) is 66.6 Å². The number of hydrogen-bond acceptors (Lipinski definition) is 6. The lowest BCUT2D eigenvalue weighted by Crippen LogP contribution is -2.39. The monoisotopic (exact) mass is 583 g/mol. The van der Waals surface area contributed by atoms with E-state index >= 15 is 0 Å². The lowest BCUT2D eigenvalue weighted by Gasteiger charge is -2.21. The van der Waals surface area contributed by atoms with E-state index in [0.717, 1.165) is 16.1 Å². The average molecular weight is 585 g/mol. The van der Waals surface area contributed by atoms with Crippen LogP contribution in [0.25, 0.3) is 0 Å². The minimum absolute atomic E-state index is 0.163. The van der Waals surface area contributed by atoms with Gasteiger partial charge in [0.25, 0.3) is 5.91 Å². The number of hydrazone groups is 1. The van der Waals surface area contributed by atoms with Crippen LogP contribution in [0.5, 0.6) is 11.5 Å². The molecular formula is C25H24Cl3N3O5S. The highest BCUT2D eigenvalue weighted by atomic mass is 35.5. The Morgan fingerprint density at radius 3 is 2.46 bits per heavy atom. The number of amides is 1. The normalized spacial score (nSPS) is 11.4. The third kappa shape index (κ3) is 8.53. The van der Waals surface area contributed by atoms with Crippen LogP contribution in [0.2, 0.25) is 15.1 Å². The van der Waals surface area contributed by atoms with Gasteiger partial charge in [-0.2, -0.15) is 5.10 Å². The summed E-state index contributed by atoms with van der Waals surface area (Å²) in [5, 5.41) is 4.98. The SMILES string of the molecule is CCOc1cc(/C=N\NC(=O)CN(c2ccc(Cl)c(Cl)c2)S(C)(=O)=O)ccc1OCc1cccc(Cl)c1. The number of hydrogen-bond donors (Lipinski definition) is 1. The predicted molar refractivity (Wildman–Crippen MR) is 148 cm³/mol. The lowest BCUT2D eigenvalue weighted by atomic mass is 10.2. The number of carbonyl (C=O) groups is 1. The molecule has 0 fully saturated rings. The number of benzene rings is 3. The summed E-state index contributed by atoms with van der Waals surface area (Å²) in [7, 11) is -3.78. The standard InChI is InChI=1S/C25H24Cl3N3O5S/c1-3-35-24-12-17(7-10-23(24)36-16-18-5-4-6-19(26)11-18)14-29-30-25(32)15-31(37(2,33)34)20-8-9-21(27)22(28)13-20/h4-14H,3,15-16H2,1-2H3,(H,30,32)/b29-14-. The number of ether oxygens (including phenoxy) is 2. The first-order chi connectivity index (χ1) is 17.6. The Balaban J connectivity index is 1.66. The molecule has 0 aliphatic carbocycles. The van der Waals surface area contributed by atoms with Crippen molar-refractivity contribution in [1.82, 2.24) is 5.43 Å². The van der Waals surface area contributed by atoms with E-state index in [4.69, 9.17) is 44.3 Å². The number of anilines is 1. The first kappa shape index (κ1) is 28.6. The predicted octanol–water partition coefficient (Wildman–Crippen LogP) is 5.54. The molecule has 0 aromatic heterocycles. The van der Waals surface area contributed by atoms with Gasteiger partial charge in [-0.3, -0.25) is 9.10 Å². The molecule has 0 unspecified atom stereocenters. The van der Waals surface area contributed by atoms with E-state index in [1.54, 1.807) is 24.3 Å². The molecule has 0 radical (unpaired) electrons. The van der Waals surface area contributed by atoms with E-state index in [9.17, 15) is 13.2 Å². The molecule has 1 amide bonds. The number of sulfonamides is 1. The van der Waals surface area contributed by atoms with E-state index in [-0.39, 0.29) is 15.7 Å². The Labute approximate surface area is 230 Å². The van der Waals surface area contributed by atoms with Crippen molar-refractivity contribution in [3.63, 3.8) is 0 Å². The topological polar surface area (TPSA) is 97.3 Å². The fraction of sp³-hybridized carbons (Fsp3) is 0.200. The summed E-state index contributed by atoms with van der Waals surface area (Å²) in [5.74, 6) is 0.385. The molecule has 37 heavy (non-hydrogen) atoms. The minimum Gasteiger partial charge on any atom is -0.490 e. The molecule has 0 aliphatic rings. The van der Waals surface area contributed by atoms with Gasteiger partial charge < -0.3 is 9.47 Å². The Hall–Kier alpha value is -2.98. The van der Waals surface area contributed by atoms with Gasteiger partial charge in [-0.15, -0.1) is 0 Å². The van der Waals surface area contributed by atoms with E-state index in [0.29, 0.717) is 35.3 Å². The second-order valence-corrected chi connectivity index (χ2v) is 10.9. The molecule has 3 aromatic rings. The molecular weight excluding hydrogens is 561 g/mol. The van der Waals surface area contributed by atoms with Gasteiger partial charge in [0.1, 0.15) is 13.2 Å². The molecule has 3 aromatic carbocycles. The van der Waals surface area contributed by atoms with Gasteiger partial charge >= 0.3 is 0 Å². The van der Waals surface area contributed by atoms with Crippen molar-refractivity contribution in [3.05, 3.63) is 86.9 Å². The van der Waals surface area contributed by atoms with Crippen LogP contribution in [0, 0.1) is 0 Å². The highest BCUT2D eigenvalue weighted by Crippen LogP contribution is 2.30. The molecule has 3 rings (SSSR count). The summed E-state index contributed by atoms with van der Waals surface area (Å²) in [6.07, 6.45) is 2.39. The van der Waals surface area contributed by atoms with Crippen molar-refractivity contribution in [2.45, 2.75) is 13.5 Å². The first-order valence-electron chi connectivity index (χ1n) is 11.0. The van der Waals surface area contributed by atoms with Crippen LogP contribution in [0.15, 0.2) is 65.8 Å². The maximum absolute atomic E-state index is 12.4. The Kier molecular flexibility index (Phi) is 10.0. The van der Waals surface area contributed by atoms with Gasteiger partial charge in [0.2, 0.25) is 10.0 Å². The molecule has 0 bridgehead atoms. The molecule has 196 valence electrons. The molecule has 8 nitrogen and oxygen atoms in total. The quantitative estimate of drug-likeness (QED) is 0.236. The largest absolute Gasteiger partial charge is 0.490 e. The molecule has 0 heterocycles. The van der Waals surface area contributed by atoms with Crippen LogP contribution in [-0.4, -0.2) is 39.9 Å². The van der Waals surface area contributed by atoms with Crippen molar-refractivity contribution in [2.75, 3.05) is 23.7 Å². The van der Waals surface area contributed by atoms with Crippen LogP contribution in [0.1, 0.15) is 18.1 Å². The maximum atomic E-state index is 12.4. The van der Waals surface area contributed by atoms with Gasteiger partial charge in [-0.25, -0.2) is 13.8 Å². The van der Waals surface area contributed by atoms with Crippen molar-refractivity contribution in [2.24, 2.45) is 5.10 Å². The molecule has 0 spiro atoms. The summed E-state index contributed by atoms with van der Waals surface area (Å²) in [5.41, 5.74) is 4.07. The van der Waals surface area contributed by atoms with Crippen molar-refractivity contribution >= 4 is 62.6 Å². The molecule has 0 saturated heterocycles. The van der Waals surface area contributed by atoms with E-state index in [2.05, 4.69) is 10.5 Å². The van der Waals surface area contributed by atoms with Gasteiger partial charge in [0.05, 0.1) is 34.8 Å². The number of rotatable bonds is 11. The molecule has 12 heteroatoms. The number of nitrogens with zero attached hydrogens (tertiary/aromatic N) is 2. The van der Waals surface area contributed by atoms with Crippen LogP contribution in [-0.2, 0) is 21.4 Å².